The van der Waals surface area contributed by atoms with Crippen molar-refractivity contribution in [2.24, 2.45) is 0 Å². The molecule has 0 aliphatic carbocycles. The van der Waals surface area contributed by atoms with Gasteiger partial charge in [0.15, 0.2) is 0 Å². The van der Waals surface area contributed by atoms with Gasteiger partial charge in [0.2, 0.25) is 0 Å². The number of halogens is 1. The quantitative estimate of drug-likeness (QED) is 0.541. The molecule has 29 heavy (non-hydrogen) atoms. The number of hydrogen-bond acceptors (Lipinski definition) is 6. The van der Waals surface area contributed by atoms with Gasteiger partial charge in [-0.1, -0.05) is 12.1 Å². The number of hydrogen-bond donors (Lipinski definition) is 2. The van der Waals surface area contributed by atoms with Crippen LogP contribution in [0.1, 0.15) is 16.1 Å². The average molecular weight is 396 g/mol. The maximum atomic E-state index is 12.9. The molecule has 0 saturated heterocycles. The van der Waals surface area contributed by atoms with E-state index in [2.05, 4.69) is 20.6 Å². The van der Waals surface area contributed by atoms with E-state index < -0.39 is 0 Å². The van der Waals surface area contributed by atoms with Crippen molar-refractivity contribution in [3.05, 3.63) is 78.0 Å². The summed E-state index contributed by atoms with van der Waals surface area (Å²) in [5.41, 5.74) is 1.03. The number of aromatic nitrogens is 2. The molecule has 3 rings (SSSR count). The Bertz CT molecular complexity index is 933. The minimum atomic E-state index is -0.339. The summed E-state index contributed by atoms with van der Waals surface area (Å²) in [6, 6.07) is 14.8. The van der Waals surface area contributed by atoms with Crippen molar-refractivity contribution in [1.29, 1.82) is 0 Å². The molecule has 8 heteroatoms. The van der Waals surface area contributed by atoms with Gasteiger partial charge in [0, 0.05) is 12.6 Å². The Morgan fingerprint density at radius 1 is 1.03 bits per heavy atom. The van der Waals surface area contributed by atoms with Crippen molar-refractivity contribution in [3.63, 3.8) is 0 Å². The highest BCUT2D eigenvalue weighted by Crippen LogP contribution is 2.16. The van der Waals surface area contributed by atoms with Crippen LogP contribution in [-0.2, 0) is 6.54 Å². The molecule has 0 radical (unpaired) electrons. The second-order valence-electron chi connectivity index (χ2n) is 6.05. The van der Waals surface area contributed by atoms with Gasteiger partial charge in [-0.05, 0) is 42.0 Å². The van der Waals surface area contributed by atoms with Crippen molar-refractivity contribution >= 4 is 11.7 Å². The lowest BCUT2D eigenvalue weighted by Gasteiger charge is -2.09. The lowest BCUT2D eigenvalue weighted by atomic mass is 10.2. The fraction of sp³-hybridized carbons (Fsp3) is 0.190. The first-order chi connectivity index (χ1) is 14.1. The van der Waals surface area contributed by atoms with E-state index in [-0.39, 0.29) is 24.0 Å². The molecule has 1 aromatic heterocycles. The predicted octanol–water partition coefficient (Wildman–Crippen LogP) is 3.05. The van der Waals surface area contributed by atoms with E-state index in [1.54, 1.807) is 25.3 Å². The van der Waals surface area contributed by atoms with E-state index in [1.807, 2.05) is 24.3 Å². The van der Waals surface area contributed by atoms with Gasteiger partial charge in [0.25, 0.3) is 5.91 Å². The van der Waals surface area contributed by atoms with Crippen LogP contribution in [0.3, 0.4) is 0 Å². The van der Waals surface area contributed by atoms with Crippen molar-refractivity contribution in [1.82, 2.24) is 15.3 Å². The van der Waals surface area contributed by atoms with Gasteiger partial charge in [-0.2, -0.15) is 0 Å². The summed E-state index contributed by atoms with van der Waals surface area (Å²) in [5, 5.41) is 5.84. The Balaban J connectivity index is 1.45. The van der Waals surface area contributed by atoms with E-state index in [1.165, 1.54) is 18.5 Å². The monoisotopic (exact) mass is 396 g/mol. The summed E-state index contributed by atoms with van der Waals surface area (Å²) in [6.45, 7) is 1.20. The number of nitrogens with one attached hydrogen (secondary N) is 2. The minimum absolute atomic E-state index is 0.237. The summed E-state index contributed by atoms with van der Waals surface area (Å²) in [5.74, 6) is 1.36. The van der Waals surface area contributed by atoms with E-state index >= 15 is 0 Å². The smallest absolute Gasteiger partial charge is 0.270 e. The van der Waals surface area contributed by atoms with Crippen molar-refractivity contribution in [2.45, 2.75) is 6.54 Å². The molecule has 3 aromatic rings. The van der Waals surface area contributed by atoms with E-state index in [9.17, 15) is 9.18 Å². The van der Waals surface area contributed by atoms with Gasteiger partial charge >= 0.3 is 0 Å². The molecule has 0 saturated carbocycles. The zero-order valence-corrected chi connectivity index (χ0v) is 15.9. The van der Waals surface area contributed by atoms with Crippen LogP contribution in [-0.4, -0.2) is 36.1 Å². The third-order valence-corrected chi connectivity index (χ3v) is 4.00. The zero-order valence-electron chi connectivity index (χ0n) is 15.9. The van der Waals surface area contributed by atoms with Crippen molar-refractivity contribution < 1.29 is 18.7 Å². The second-order valence-corrected chi connectivity index (χ2v) is 6.05. The first kappa shape index (κ1) is 20.1. The van der Waals surface area contributed by atoms with Crippen molar-refractivity contribution in [3.8, 4) is 11.5 Å². The fourth-order valence-corrected chi connectivity index (χ4v) is 2.47. The van der Waals surface area contributed by atoms with Crippen molar-refractivity contribution in [2.75, 3.05) is 25.6 Å². The molecule has 2 N–H and O–H groups in total. The molecule has 0 aliphatic rings. The first-order valence-corrected chi connectivity index (χ1v) is 8.99. The van der Waals surface area contributed by atoms with Crippen LogP contribution in [0.25, 0.3) is 0 Å². The van der Waals surface area contributed by atoms with Crippen LogP contribution >= 0.6 is 0 Å². The number of carbonyl (C=O) groups is 1. The van der Waals surface area contributed by atoms with Gasteiger partial charge in [0.1, 0.15) is 41.8 Å². The SMILES string of the molecule is COc1ccc(OCCNc2cc(C(=O)NCc3ccc(F)cc3)ncn2)cc1. The van der Waals surface area contributed by atoms with Crippen LogP contribution in [0, 0.1) is 5.82 Å². The van der Waals surface area contributed by atoms with Gasteiger partial charge in [-0.15, -0.1) is 0 Å². The van der Waals surface area contributed by atoms with Crippen LogP contribution < -0.4 is 20.1 Å². The van der Waals surface area contributed by atoms with Crippen LogP contribution in [0.2, 0.25) is 0 Å². The summed E-state index contributed by atoms with van der Waals surface area (Å²) in [7, 11) is 1.61. The largest absolute Gasteiger partial charge is 0.497 e. The summed E-state index contributed by atoms with van der Waals surface area (Å²) >= 11 is 0. The van der Waals surface area contributed by atoms with E-state index in [0.29, 0.717) is 19.0 Å². The Kier molecular flexibility index (Phi) is 6.94. The fourth-order valence-electron chi connectivity index (χ4n) is 2.47. The molecule has 150 valence electrons. The Hall–Kier alpha value is -3.68. The van der Waals surface area contributed by atoms with E-state index in [0.717, 1.165) is 17.1 Å². The molecular formula is C21H21FN4O3. The summed E-state index contributed by atoms with van der Waals surface area (Å²) in [6.07, 6.45) is 1.32. The third-order valence-electron chi connectivity index (χ3n) is 4.00. The molecule has 0 spiro atoms. The maximum absolute atomic E-state index is 12.9. The molecule has 1 heterocycles. The van der Waals surface area contributed by atoms with Crippen LogP contribution in [0.15, 0.2) is 60.9 Å². The van der Waals surface area contributed by atoms with Crippen LogP contribution in [0.4, 0.5) is 10.2 Å². The Labute approximate surface area is 167 Å². The molecule has 1 amide bonds. The molecule has 0 unspecified atom stereocenters. The lowest BCUT2D eigenvalue weighted by Crippen LogP contribution is -2.24. The Morgan fingerprint density at radius 2 is 1.76 bits per heavy atom. The number of nitrogens with zero attached hydrogens (tertiary/aromatic N) is 2. The number of ether oxygens (including phenoxy) is 2. The average Bonchev–Trinajstić information content (AvgIpc) is 2.77. The molecule has 2 aromatic carbocycles. The number of amides is 1. The number of carbonyl (C=O) groups excluding carboxylic acids is 1. The summed E-state index contributed by atoms with van der Waals surface area (Å²) < 4.78 is 23.7. The Morgan fingerprint density at radius 3 is 2.48 bits per heavy atom. The topological polar surface area (TPSA) is 85.4 Å². The predicted molar refractivity (Wildman–Crippen MR) is 107 cm³/mol. The molecule has 0 aliphatic heterocycles. The highest BCUT2D eigenvalue weighted by molar-refractivity contribution is 5.92. The third kappa shape index (κ3) is 6.17. The first-order valence-electron chi connectivity index (χ1n) is 8.99. The highest BCUT2D eigenvalue weighted by atomic mass is 19.1. The molecular weight excluding hydrogens is 375 g/mol. The summed E-state index contributed by atoms with van der Waals surface area (Å²) in [4.78, 5) is 20.4. The number of rotatable bonds is 9. The lowest BCUT2D eigenvalue weighted by molar-refractivity contribution is 0.0946. The highest BCUT2D eigenvalue weighted by Gasteiger charge is 2.08. The van der Waals surface area contributed by atoms with Gasteiger partial charge in [0.05, 0.1) is 13.7 Å². The molecule has 7 nitrogen and oxygen atoms in total. The van der Waals surface area contributed by atoms with E-state index in [4.69, 9.17) is 9.47 Å². The number of anilines is 1. The number of benzene rings is 2. The standard InChI is InChI=1S/C21H21FN4O3/c1-28-17-6-8-18(9-7-17)29-11-10-23-20-12-19(25-14-26-20)21(27)24-13-15-2-4-16(22)5-3-15/h2-9,12,14H,10-11,13H2,1H3,(H,24,27)(H,23,25,26). The maximum Gasteiger partial charge on any atom is 0.270 e. The second kappa shape index (κ2) is 10.0. The van der Waals surface area contributed by atoms with Gasteiger partial charge in [-0.25, -0.2) is 14.4 Å². The zero-order chi connectivity index (χ0) is 20.5. The molecule has 0 fully saturated rings. The van der Waals surface area contributed by atoms with Crippen LogP contribution in [0.5, 0.6) is 11.5 Å². The molecule has 0 atom stereocenters. The number of methoxy groups -OCH3 is 1. The van der Waals surface area contributed by atoms with Gasteiger partial charge < -0.3 is 20.1 Å². The molecule has 0 bridgehead atoms. The normalized spacial score (nSPS) is 10.3. The minimum Gasteiger partial charge on any atom is -0.497 e. The van der Waals surface area contributed by atoms with Gasteiger partial charge in [-0.3, -0.25) is 4.79 Å².